The first kappa shape index (κ1) is 14.9. The van der Waals surface area contributed by atoms with Crippen LogP contribution in [0.25, 0.3) is 0 Å². The third kappa shape index (κ3) is 3.25. The van der Waals surface area contributed by atoms with Gasteiger partial charge in [0.1, 0.15) is 11.6 Å². The highest BCUT2D eigenvalue weighted by molar-refractivity contribution is 5.58. The van der Waals surface area contributed by atoms with E-state index in [4.69, 9.17) is 4.74 Å². The first-order valence-electron chi connectivity index (χ1n) is 7.84. The van der Waals surface area contributed by atoms with Gasteiger partial charge in [-0.2, -0.15) is 0 Å². The van der Waals surface area contributed by atoms with Crippen molar-refractivity contribution >= 4 is 5.69 Å². The van der Waals surface area contributed by atoms with Gasteiger partial charge in [0.2, 0.25) is 0 Å². The van der Waals surface area contributed by atoms with Gasteiger partial charge >= 0.3 is 0 Å². The summed E-state index contributed by atoms with van der Waals surface area (Å²) in [5, 5.41) is 0. The van der Waals surface area contributed by atoms with Crippen molar-refractivity contribution in [3.63, 3.8) is 0 Å². The molecular weight excluding hydrogens is 276 g/mol. The number of methoxy groups -OCH3 is 1. The predicted octanol–water partition coefficient (Wildman–Crippen LogP) is 2.52. The highest BCUT2D eigenvalue weighted by Gasteiger charge is 2.24. The van der Waals surface area contributed by atoms with E-state index in [1.54, 1.807) is 7.11 Å². The van der Waals surface area contributed by atoms with Gasteiger partial charge in [0.05, 0.1) is 19.3 Å². The third-order valence-electron chi connectivity index (χ3n) is 4.47. The predicted molar refractivity (Wildman–Crippen MR) is 88.3 cm³/mol. The van der Waals surface area contributed by atoms with Crippen LogP contribution < -0.4 is 9.64 Å². The van der Waals surface area contributed by atoms with Gasteiger partial charge in [-0.15, -0.1) is 0 Å². The lowest BCUT2D eigenvalue weighted by Gasteiger charge is -2.38. The minimum atomic E-state index is 0.607. The van der Waals surface area contributed by atoms with Crippen LogP contribution in [0.1, 0.15) is 18.7 Å². The summed E-state index contributed by atoms with van der Waals surface area (Å²) in [5.41, 5.74) is 1.21. The van der Waals surface area contributed by atoms with E-state index in [1.165, 1.54) is 5.69 Å². The molecule has 5 heteroatoms. The fourth-order valence-corrected chi connectivity index (χ4v) is 3.19. The standard InChI is InChI=1S/C17H24N4O/c1-20(13-17-18-9-10-19-17)14-7-11-21(12-8-14)15-5-3-4-6-16(15)22-2/h3-6,9-10,14H,7-8,11-13H2,1-2H3,(H,18,19). The van der Waals surface area contributed by atoms with E-state index >= 15 is 0 Å². The van der Waals surface area contributed by atoms with Gasteiger partial charge in [-0.05, 0) is 32.0 Å². The number of aromatic nitrogens is 2. The fourth-order valence-electron chi connectivity index (χ4n) is 3.19. The maximum atomic E-state index is 5.48. The van der Waals surface area contributed by atoms with Crippen molar-refractivity contribution in [1.82, 2.24) is 14.9 Å². The van der Waals surface area contributed by atoms with Crippen LogP contribution >= 0.6 is 0 Å². The second-order valence-corrected chi connectivity index (χ2v) is 5.84. The summed E-state index contributed by atoms with van der Waals surface area (Å²) in [6, 6.07) is 8.88. The Balaban J connectivity index is 1.58. The van der Waals surface area contributed by atoms with Crippen LogP contribution in [-0.2, 0) is 6.54 Å². The molecule has 1 saturated heterocycles. The largest absolute Gasteiger partial charge is 0.495 e. The van der Waals surface area contributed by atoms with E-state index < -0.39 is 0 Å². The highest BCUT2D eigenvalue weighted by Crippen LogP contribution is 2.30. The number of rotatable bonds is 5. The molecule has 2 heterocycles. The number of para-hydroxylation sites is 2. The molecule has 0 bridgehead atoms. The first-order valence-corrected chi connectivity index (χ1v) is 7.84. The summed E-state index contributed by atoms with van der Waals surface area (Å²) in [5.74, 6) is 2.00. The summed E-state index contributed by atoms with van der Waals surface area (Å²) in [7, 11) is 3.93. The Morgan fingerprint density at radius 2 is 2.09 bits per heavy atom. The minimum absolute atomic E-state index is 0.607. The summed E-state index contributed by atoms with van der Waals surface area (Å²) >= 11 is 0. The number of nitrogens with zero attached hydrogens (tertiary/aromatic N) is 3. The number of anilines is 1. The Morgan fingerprint density at radius 1 is 1.32 bits per heavy atom. The lowest BCUT2D eigenvalue weighted by atomic mass is 10.0. The van der Waals surface area contributed by atoms with E-state index in [2.05, 4.69) is 38.9 Å². The van der Waals surface area contributed by atoms with Gasteiger partial charge in [0.15, 0.2) is 0 Å². The molecule has 5 nitrogen and oxygen atoms in total. The number of nitrogens with one attached hydrogen (secondary N) is 1. The molecule has 1 aromatic heterocycles. The molecule has 0 amide bonds. The minimum Gasteiger partial charge on any atom is -0.495 e. The Hall–Kier alpha value is -2.01. The van der Waals surface area contributed by atoms with Gasteiger partial charge < -0.3 is 14.6 Å². The van der Waals surface area contributed by atoms with Gasteiger partial charge in [-0.25, -0.2) is 4.98 Å². The Bertz CT molecular complexity index is 576. The van der Waals surface area contributed by atoms with E-state index in [0.29, 0.717) is 6.04 Å². The molecule has 3 rings (SSSR count). The van der Waals surface area contributed by atoms with Gasteiger partial charge in [0.25, 0.3) is 0 Å². The number of imidazole rings is 1. The summed E-state index contributed by atoms with van der Waals surface area (Å²) in [4.78, 5) is 12.3. The average molecular weight is 300 g/mol. The Kier molecular flexibility index (Phi) is 4.63. The Labute approximate surface area is 131 Å². The molecule has 118 valence electrons. The van der Waals surface area contributed by atoms with Gasteiger partial charge in [0, 0.05) is 31.5 Å². The van der Waals surface area contributed by atoms with Crippen LogP contribution in [0, 0.1) is 0 Å². The fraction of sp³-hybridized carbons (Fsp3) is 0.471. The van der Waals surface area contributed by atoms with Crippen molar-refractivity contribution in [3.8, 4) is 5.75 Å². The molecule has 0 aliphatic carbocycles. The van der Waals surface area contributed by atoms with Crippen LogP contribution in [0.15, 0.2) is 36.7 Å². The number of hydrogen-bond donors (Lipinski definition) is 1. The van der Waals surface area contributed by atoms with Crippen molar-refractivity contribution in [3.05, 3.63) is 42.5 Å². The molecule has 1 aliphatic rings. The second-order valence-electron chi connectivity index (χ2n) is 5.84. The zero-order chi connectivity index (χ0) is 15.4. The number of H-pyrrole nitrogens is 1. The van der Waals surface area contributed by atoms with E-state index in [9.17, 15) is 0 Å². The maximum Gasteiger partial charge on any atom is 0.142 e. The molecule has 0 radical (unpaired) electrons. The Morgan fingerprint density at radius 3 is 2.77 bits per heavy atom. The summed E-state index contributed by atoms with van der Waals surface area (Å²) < 4.78 is 5.48. The molecule has 22 heavy (non-hydrogen) atoms. The topological polar surface area (TPSA) is 44.4 Å². The molecule has 1 aromatic carbocycles. The monoisotopic (exact) mass is 300 g/mol. The molecule has 1 aliphatic heterocycles. The van der Waals surface area contributed by atoms with Gasteiger partial charge in [-0.1, -0.05) is 12.1 Å². The molecule has 0 saturated carbocycles. The summed E-state index contributed by atoms with van der Waals surface area (Å²) in [6.45, 7) is 3.01. The third-order valence-corrected chi connectivity index (χ3v) is 4.47. The van der Waals surface area contributed by atoms with E-state index in [-0.39, 0.29) is 0 Å². The van der Waals surface area contributed by atoms with Gasteiger partial charge in [-0.3, -0.25) is 4.90 Å². The smallest absolute Gasteiger partial charge is 0.142 e. The van der Waals surface area contributed by atoms with E-state index in [0.717, 1.165) is 44.0 Å². The number of piperidine rings is 1. The van der Waals surface area contributed by atoms with Crippen molar-refractivity contribution in [2.75, 3.05) is 32.1 Å². The maximum absolute atomic E-state index is 5.48. The van der Waals surface area contributed by atoms with Crippen LogP contribution in [0.2, 0.25) is 0 Å². The zero-order valence-electron chi connectivity index (χ0n) is 13.3. The molecule has 1 N–H and O–H groups in total. The number of hydrogen-bond acceptors (Lipinski definition) is 4. The number of aromatic amines is 1. The first-order chi connectivity index (χ1) is 10.8. The SMILES string of the molecule is COc1ccccc1N1CCC(N(C)Cc2ncc[nH]2)CC1. The van der Waals surface area contributed by atoms with Crippen LogP contribution in [0.3, 0.4) is 0 Å². The van der Waals surface area contributed by atoms with Crippen LogP contribution in [0.4, 0.5) is 5.69 Å². The normalized spacial score (nSPS) is 16.2. The number of benzene rings is 1. The molecule has 0 unspecified atom stereocenters. The summed E-state index contributed by atoms with van der Waals surface area (Å²) in [6.07, 6.45) is 6.02. The van der Waals surface area contributed by atoms with Crippen molar-refractivity contribution in [2.45, 2.75) is 25.4 Å². The average Bonchev–Trinajstić information content (AvgIpc) is 3.08. The lowest BCUT2D eigenvalue weighted by Crippen LogP contribution is -2.43. The second kappa shape index (κ2) is 6.83. The lowest BCUT2D eigenvalue weighted by molar-refractivity contribution is 0.196. The molecule has 2 aromatic rings. The quantitative estimate of drug-likeness (QED) is 0.921. The number of ether oxygens (including phenoxy) is 1. The molecular formula is C17H24N4O. The van der Waals surface area contributed by atoms with Crippen molar-refractivity contribution in [1.29, 1.82) is 0 Å². The van der Waals surface area contributed by atoms with Crippen LogP contribution in [-0.4, -0.2) is 48.2 Å². The molecule has 0 atom stereocenters. The van der Waals surface area contributed by atoms with Crippen LogP contribution in [0.5, 0.6) is 5.75 Å². The van der Waals surface area contributed by atoms with Crippen molar-refractivity contribution in [2.24, 2.45) is 0 Å². The highest BCUT2D eigenvalue weighted by atomic mass is 16.5. The molecule has 1 fully saturated rings. The van der Waals surface area contributed by atoms with E-state index in [1.807, 2.05) is 24.5 Å². The molecule has 0 spiro atoms. The zero-order valence-corrected chi connectivity index (χ0v) is 13.3. The van der Waals surface area contributed by atoms with Crippen molar-refractivity contribution < 1.29 is 4.74 Å².